The minimum Gasteiger partial charge on any atom is -0.444 e. The van der Waals surface area contributed by atoms with Gasteiger partial charge in [-0.25, -0.2) is 4.79 Å². The van der Waals surface area contributed by atoms with Crippen LogP contribution in [0.5, 0.6) is 0 Å². The van der Waals surface area contributed by atoms with Crippen molar-refractivity contribution in [3.8, 4) is 0 Å². The van der Waals surface area contributed by atoms with E-state index in [4.69, 9.17) is 10.5 Å². The van der Waals surface area contributed by atoms with Crippen molar-refractivity contribution >= 4 is 12.0 Å². The monoisotopic (exact) mass is 269 g/mol. The number of hydrogen-bond acceptors (Lipinski definition) is 4. The number of nitrogens with zero attached hydrogens (tertiary/aromatic N) is 1. The van der Waals surface area contributed by atoms with Gasteiger partial charge in [-0.05, 0) is 33.6 Å². The fourth-order valence-electron chi connectivity index (χ4n) is 2.55. The number of carbonyl (C=O) groups excluding carboxylic acids is 2. The second-order valence-corrected chi connectivity index (χ2v) is 6.48. The van der Waals surface area contributed by atoms with E-state index >= 15 is 0 Å². The van der Waals surface area contributed by atoms with Crippen LogP contribution in [0.15, 0.2) is 0 Å². The van der Waals surface area contributed by atoms with E-state index in [0.717, 1.165) is 12.8 Å². The minimum absolute atomic E-state index is 0.0367. The van der Waals surface area contributed by atoms with E-state index in [1.807, 2.05) is 25.7 Å². The Morgan fingerprint density at radius 2 is 2.05 bits per heavy atom. The lowest BCUT2D eigenvalue weighted by atomic mass is 9.85. The molecule has 1 aliphatic heterocycles. The van der Waals surface area contributed by atoms with Crippen molar-refractivity contribution < 1.29 is 14.3 Å². The molecular weight excluding hydrogens is 246 g/mol. The molecule has 6 nitrogen and oxygen atoms in total. The number of carbonyl (C=O) groups is 2. The third-order valence-electron chi connectivity index (χ3n) is 3.46. The van der Waals surface area contributed by atoms with E-state index in [1.54, 1.807) is 0 Å². The predicted molar refractivity (Wildman–Crippen MR) is 70.5 cm³/mol. The number of nitrogens with two attached hydrogens (primary N) is 1. The zero-order chi connectivity index (χ0) is 14.2. The van der Waals surface area contributed by atoms with E-state index in [2.05, 4.69) is 5.32 Å². The molecule has 1 heterocycles. The van der Waals surface area contributed by atoms with Crippen molar-refractivity contribution in [1.29, 1.82) is 0 Å². The van der Waals surface area contributed by atoms with Crippen molar-refractivity contribution in [3.05, 3.63) is 0 Å². The molecule has 0 bridgehead atoms. The van der Waals surface area contributed by atoms with Gasteiger partial charge in [0.2, 0.25) is 5.91 Å². The fourth-order valence-corrected chi connectivity index (χ4v) is 2.55. The normalized spacial score (nSPS) is 31.1. The van der Waals surface area contributed by atoms with Gasteiger partial charge in [-0.2, -0.15) is 0 Å². The van der Waals surface area contributed by atoms with E-state index in [0.29, 0.717) is 13.0 Å². The summed E-state index contributed by atoms with van der Waals surface area (Å²) in [5.74, 6) is 0.133. The highest BCUT2D eigenvalue weighted by molar-refractivity contribution is 5.79. The molecule has 2 fully saturated rings. The molecule has 0 aromatic rings. The second kappa shape index (κ2) is 5.00. The zero-order valence-corrected chi connectivity index (χ0v) is 11.8. The number of alkyl carbamates (subject to hydrolysis) is 1. The fraction of sp³-hybridized carbons (Fsp3) is 0.846. The summed E-state index contributed by atoms with van der Waals surface area (Å²) in [5, 5.41) is 2.82. The lowest BCUT2D eigenvalue weighted by Gasteiger charge is -2.41. The van der Waals surface area contributed by atoms with E-state index in [-0.39, 0.29) is 30.1 Å². The Morgan fingerprint density at radius 1 is 1.42 bits per heavy atom. The summed E-state index contributed by atoms with van der Waals surface area (Å²) in [4.78, 5) is 25.1. The second-order valence-electron chi connectivity index (χ2n) is 6.48. The molecular formula is C13H23N3O3. The van der Waals surface area contributed by atoms with Crippen molar-refractivity contribution in [3.63, 3.8) is 0 Å². The van der Waals surface area contributed by atoms with Gasteiger partial charge in [0, 0.05) is 31.1 Å². The van der Waals surface area contributed by atoms with Crippen molar-refractivity contribution in [2.45, 2.75) is 63.8 Å². The molecule has 1 unspecified atom stereocenters. The quantitative estimate of drug-likeness (QED) is 0.769. The molecule has 2 rings (SSSR count). The summed E-state index contributed by atoms with van der Waals surface area (Å²) < 4.78 is 5.19. The first-order chi connectivity index (χ1) is 8.74. The van der Waals surface area contributed by atoms with Gasteiger partial charge in [0.05, 0.1) is 0 Å². The summed E-state index contributed by atoms with van der Waals surface area (Å²) in [7, 11) is 0. The molecule has 108 valence electrons. The number of likely N-dealkylation sites (tertiary alicyclic amines) is 1. The SMILES string of the molecule is CC(C)(C)OC(=O)NC1CC(N2CC(N)CC2=O)C1. The largest absolute Gasteiger partial charge is 0.444 e. The number of ether oxygens (including phenoxy) is 1. The molecule has 1 saturated carbocycles. The number of hydrogen-bond donors (Lipinski definition) is 2. The van der Waals surface area contributed by atoms with Crippen LogP contribution in [0.2, 0.25) is 0 Å². The van der Waals surface area contributed by atoms with Crippen LogP contribution in [0.4, 0.5) is 4.79 Å². The lowest BCUT2D eigenvalue weighted by molar-refractivity contribution is -0.131. The predicted octanol–water partition coefficient (Wildman–Crippen LogP) is 0.602. The van der Waals surface area contributed by atoms with Crippen LogP contribution in [0.3, 0.4) is 0 Å². The highest BCUT2D eigenvalue weighted by Crippen LogP contribution is 2.29. The number of nitrogens with one attached hydrogen (secondary N) is 1. The van der Waals surface area contributed by atoms with Crippen molar-refractivity contribution in [2.75, 3.05) is 6.54 Å². The van der Waals surface area contributed by atoms with Crippen LogP contribution in [0.25, 0.3) is 0 Å². The maximum Gasteiger partial charge on any atom is 0.407 e. The summed E-state index contributed by atoms with van der Waals surface area (Å²) in [6.07, 6.45) is 1.64. The Bertz CT molecular complexity index is 372. The van der Waals surface area contributed by atoms with Gasteiger partial charge in [0.25, 0.3) is 0 Å². The molecule has 1 aliphatic carbocycles. The van der Waals surface area contributed by atoms with Crippen LogP contribution < -0.4 is 11.1 Å². The molecule has 1 atom stereocenters. The Labute approximate surface area is 113 Å². The first kappa shape index (κ1) is 14.1. The van der Waals surface area contributed by atoms with Crippen LogP contribution in [-0.4, -0.2) is 47.2 Å². The van der Waals surface area contributed by atoms with Crippen LogP contribution in [-0.2, 0) is 9.53 Å². The van der Waals surface area contributed by atoms with Gasteiger partial charge in [0.1, 0.15) is 5.60 Å². The highest BCUT2D eigenvalue weighted by Gasteiger charge is 2.40. The van der Waals surface area contributed by atoms with Gasteiger partial charge >= 0.3 is 6.09 Å². The zero-order valence-electron chi connectivity index (χ0n) is 11.8. The van der Waals surface area contributed by atoms with Crippen LogP contribution in [0, 0.1) is 0 Å². The molecule has 0 spiro atoms. The smallest absolute Gasteiger partial charge is 0.407 e. The molecule has 2 aliphatic rings. The van der Waals surface area contributed by atoms with Crippen molar-refractivity contribution in [2.24, 2.45) is 5.73 Å². The maximum absolute atomic E-state index is 11.7. The standard InChI is InChI=1S/C13H23N3O3/c1-13(2,3)19-12(18)15-9-5-10(6-9)16-7-8(14)4-11(16)17/h8-10H,4-7,14H2,1-3H3,(H,15,18). The average molecular weight is 269 g/mol. The molecule has 0 radical (unpaired) electrons. The molecule has 2 amide bonds. The van der Waals surface area contributed by atoms with Crippen LogP contribution in [0.1, 0.15) is 40.0 Å². The van der Waals surface area contributed by atoms with Gasteiger partial charge in [-0.15, -0.1) is 0 Å². The third-order valence-corrected chi connectivity index (χ3v) is 3.46. The number of rotatable bonds is 2. The topological polar surface area (TPSA) is 84.7 Å². The van der Waals surface area contributed by atoms with Gasteiger partial charge < -0.3 is 20.7 Å². The van der Waals surface area contributed by atoms with E-state index < -0.39 is 5.60 Å². The summed E-state index contributed by atoms with van der Waals surface area (Å²) >= 11 is 0. The summed E-state index contributed by atoms with van der Waals surface area (Å²) in [6, 6.07) is 0.288. The van der Waals surface area contributed by atoms with Crippen LogP contribution >= 0.6 is 0 Å². The Hall–Kier alpha value is -1.30. The molecule has 0 aromatic carbocycles. The molecule has 0 aromatic heterocycles. The van der Waals surface area contributed by atoms with Gasteiger partial charge in [-0.1, -0.05) is 0 Å². The lowest BCUT2D eigenvalue weighted by Crippen LogP contribution is -2.55. The van der Waals surface area contributed by atoms with E-state index in [1.165, 1.54) is 0 Å². The molecule has 6 heteroatoms. The average Bonchev–Trinajstić information content (AvgIpc) is 2.47. The highest BCUT2D eigenvalue weighted by atomic mass is 16.6. The van der Waals surface area contributed by atoms with Gasteiger partial charge in [-0.3, -0.25) is 4.79 Å². The maximum atomic E-state index is 11.7. The van der Waals surface area contributed by atoms with Crippen molar-refractivity contribution in [1.82, 2.24) is 10.2 Å². The van der Waals surface area contributed by atoms with E-state index in [9.17, 15) is 9.59 Å². The molecule has 19 heavy (non-hydrogen) atoms. The molecule has 3 N–H and O–H groups in total. The Kier molecular flexibility index (Phi) is 3.71. The Balaban J connectivity index is 1.72. The Morgan fingerprint density at radius 3 is 2.53 bits per heavy atom. The number of amides is 2. The molecule has 1 saturated heterocycles. The first-order valence-electron chi connectivity index (χ1n) is 6.79. The summed E-state index contributed by atoms with van der Waals surface area (Å²) in [5.41, 5.74) is 5.28. The summed E-state index contributed by atoms with van der Waals surface area (Å²) in [6.45, 7) is 6.14. The first-order valence-corrected chi connectivity index (χ1v) is 6.79. The van der Waals surface area contributed by atoms with Gasteiger partial charge in [0.15, 0.2) is 0 Å². The third kappa shape index (κ3) is 3.59. The minimum atomic E-state index is -0.481.